The Bertz CT molecular complexity index is 2350. The third-order valence-electron chi connectivity index (χ3n) is 11.1. The summed E-state index contributed by atoms with van der Waals surface area (Å²) in [5.74, 6) is -1.47. The lowest BCUT2D eigenvalue weighted by Gasteiger charge is -2.30. The first-order chi connectivity index (χ1) is 25.3. The molecule has 0 bridgehead atoms. The average Bonchev–Trinajstić information content (AvgIpc) is 3.17. The molecule has 0 fully saturated rings. The summed E-state index contributed by atoms with van der Waals surface area (Å²) in [6.07, 6.45) is 0. The van der Waals surface area contributed by atoms with Gasteiger partial charge in [-0.1, -0.05) is 24.3 Å². The second-order valence-electron chi connectivity index (χ2n) is 13.4. The molecule has 2 aliphatic rings. The number of carbonyl (C=O) groups excluding carboxylic acids is 4. The number of anilines is 4. The minimum absolute atomic E-state index is 0.366. The zero-order chi connectivity index (χ0) is 36.0. The maximum Gasteiger partial charge on any atom is 0.265 e. The molecule has 7 aromatic carbocycles. The topological polar surface area (TPSA) is 81.2 Å². The molecule has 0 atom stereocenters. The van der Waals surface area contributed by atoms with Crippen LogP contribution in [0.5, 0.6) is 0 Å². The Labute approximate surface area is 300 Å². The van der Waals surface area contributed by atoms with E-state index in [1.54, 1.807) is 24.3 Å². The summed E-state index contributed by atoms with van der Waals surface area (Å²) in [6, 6.07) is 30.1. The molecule has 52 heavy (non-hydrogen) atoms. The number of fused-ring (bicyclic) bond motifs is 2. The Kier molecular flexibility index (Phi) is 7.09. The van der Waals surface area contributed by atoms with E-state index in [-0.39, 0.29) is 23.6 Å². The van der Waals surface area contributed by atoms with Gasteiger partial charge in [-0.3, -0.25) is 19.2 Å². The number of rotatable bonds is 8. The van der Waals surface area contributed by atoms with Gasteiger partial charge in [0.15, 0.2) is 0 Å². The van der Waals surface area contributed by atoms with Crippen LogP contribution in [0.2, 0.25) is 0 Å². The fourth-order valence-corrected chi connectivity index (χ4v) is 8.54. The summed E-state index contributed by atoms with van der Waals surface area (Å²) >= 11 is 0. The minimum atomic E-state index is -0.366. The molecular formula is C44H36N4O4. The van der Waals surface area contributed by atoms with Crippen molar-refractivity contribution in [2.45, 2.75) is 27.7 Å². The van der Waals surface area contributed by atoms with E-state index in [1.807, 2.05) is 72.8 Å². The van der Waals surface area contributed by atoms with Crippen LogP contribution in [0.15, 0.2) is 97.1 Å². The first kappa shape index (κ1) is 31.7. The number of hydrogen-bond donors (Lipinski definition) is 0. The predicted octanol–water partition coefficient (Wildman–Crippen LogP) is 9.03. The van der Waals surface area contributed by atoms with Gasteiger partial charge in [-0.05, 0) is 133 Å². The molecule has 2 heterocycles. The van der Waals surface area contributed by atoms with Gasteiger partial charge in [0, 0.05) is 70.6 Å². The fourth-order valence-electron chi connectivity index (χ4n) is 8.54. The maximum absolute atomic E-state index is 14.2. The van der Waals surface area contributed by atoms with Crippen molar-refractivity contribution in [2.75, 3.05) is 45.8 Å². The van der Waals surface area contributed by atoms with E-state index in [9.17, 15) is 19.2 Å². The van der Waals surface area contributed by atoms with Crippen molar-refractivity contribution in [1.29, 1.82) is 0 Å². The molecule has 2 aliphatic heterocycles. The second-order valence-corrected chi connectivity index (χ2v) is 13.4. The van der Waals surface area contributed by atoms with Crippen LogP contribution >= 0.6 is 0 Å². The van der Waals surface area contributed by atoms with Gasteiger partial charge in [0.05, 0.1) is 11.4 Å². The standard InChI is InChI=1S/C44H36N4O4/c1-5-45(6-2)25-9-13-27(14-10-25)47-41(49)33-21-17-29-31-19-23-35-40-36(24-20-32(38(31)40)30-18-22-34(42(47)50)39(33)37(29)30)44(52)48(43(35)51)28-15-11-26(12-16-28)46(7-3)8-4/h9-24H,5-8H2,1-4H3. The quantitative estimate of drug-likeness (QED) is 0.0903. The number of nitrogens with zero attached hydrogens (tertiary/aromatic N) is 4. The molecule has 8 heteroatoms. The Hall–Kier alpha value is -6.28. The van der Waals surface area contributed by atoms with Crippen LogP contribution < -0.4 is 19.6 Å². The van der Waals surface area contributed by atoms with Gasteiger partial charge in [-0.25, -0.2) is 9.80 Å². The Balaban J connectivity index is 1.18. The zero-order valence-electron chi connectivity index (χ0n) is 29.5. The van der Waals surface area contributed by atoms with Gasteiger partial charge in [0.1, 0.15) is 0 Å². The molecule has 9 rings (SSSR count). The molecule has 0 N–H and O–H groups in total. The average molecular weight is 685 g/mol. The number of imide groups is 2. The van der Waals surface area contributed by atoms with Crippen molar-refractivity contribution in [2.24, 2.45) is 0 Å². The summed E-state index contributed by atoms with van der Waals surface area (Å²) in [4.78, 5) is 63.6. The number of carbonyl (C=O) groups is 4. The highest BCUT2D eigenvalue weighted by atomic mass is 16.2. The Morgan fingerprint density at radius 3 is 0.885 bits per heavy atom. The van der Waals surface area contributed by atoms with Crippen LogP contribution in [-0.2, 0) is 0 Å². The molecule has 4 amide bonds. The summed E-state index contributed by atoms with van der Waals surface area (Å²) in [5, 5.41) is 6.35. The second kappa shape index (κ2) is 11.6. The lowest BCUT2D eigenvalue weighted by atomic mass is 9.82. The van der Waals surface area contributed by atoms with Gasteiger partial charge in [-0.15, -0.1) is 0 Å². The van der Waals surface area contributed by atoms with E-state index in [2.05, 4.69) is 37.5 Å². The van der Waals surface area contributed by atoms with Gasteiger partial charge in [0.25, 0.3) is 23.6 Å². The van der Waals surface area contributed by atoms with Crippen LogP contribution in [0, 0.1) is 0 Å². The molecule has 0 aromatic heterocycles. The number of benzene rings is 7. The van der Waals surface area contributed by atoms with Gasteiger partial charge in [0.2, 0.25) is 0 Å². The normalized spacial score (nSPS) is 14.2. The summed E-state index contributed by atoms with van der Waals surface area (Å²) < 4.78 is 0. The third-order valence-corrected chi connectivity index (χ3v) is 11.1. The largest absolute Gasteiger partial charge is 0.372 e. The molecule has 0 unspecified atom stereocenters. The molecule has 7 aromatic rings. The fraction of sp³-hybridized carbons (Fsp3) is 0.182. The van der Waals surface area contributed by atoms with Gasteiger partial charge < -0.3 is 9.80 Å². The SMILES string of the molecule is CCN(CC)c1ccc(N2C(=O)c3ccc4c5ccc6c7c(ccc(c8ccc(c3c48)C2=O)c75)C(=O)N(c2ccc(N(CC)CC)cc2)C6=O)cc1. The van der Waals surface area contributed by atoms with Crippen LogP contribution in [0.25, 0.3) is 43.1 Å². The molecule has 0 saturated heterocycles. The van der Waals surface area contributed by atoms with Crippen molar-refractivity contribution in [3.8, 4) is 0 Å². The predicted molar refractivity (Wildman–Crippen MR) is 210 cm³/mol. The molecule has 0 radical (unpaired) electrons. The van der Waals surface area contributed by atoms with E-state index in [4.69, 9.17) is 0 Å². The van der Waals surface area contributed by atoms with Crippen LogP contribution in [-0.4, -0.2) is 49.8 Å². The van der Waals surface area contributed by atoms with Crippen molar-refractivity contribution in [1.82, 2.24) is 0 Å². The molecule has 0 aliphatic carbocycles. The Morgan fingerprint density at radius 1 is 0.365 bits per heavy atom. The highest BCUT2D eigenvalue weighted by Gasteiger charge is 2.38. The minimum Gasteiger partial charge on any atom is -0.372 e. The first-order valence-electron chi connectivity index (χ1n) is 18.0. The van der Waals surface area contributed by atoms with Crippen molar-refractivity contribution < 1.29 is 19.2 Å². The van der Waals surface area contributed by atoms with Crippen LogP contribution in [0.3, 0.4) is 0 Å². The lowest BCUT2D eigenvalue weighted by Crippen LogP contribution is -2.40. The number of amides is 4. The van der Waals surface area contributed by atoms with E-state index in [1.165, 1.54) is 9.80 Å². The van der Waals surface area contributed by atoms with Gasteiger partial charge >= 0.3 is 0 Å². The zero-order valence-corrected chi connectivity index (χ0v) is 29.5. The van der Waals surface area contributed by atoms with E-state index < -0.39 is 0 Å². The smallest absolute Gasteiger partial charge is 0.265 e. The van der Waals surface area contributed by atoms with Gasteiger partial charge in [-0.2, -0.15) is 0 Å². The summed E-state index contributed by atoms with van der Waals surface area (Å²) in [7, 11) is 0. The van der Waals surface area contributed by atoms with E-state index >= 15 is 0 Å². The van der Waals surface area contributed by atoms with Crippen LogP contribution in [0.1, 0.15) is 69.1 Å². The van der Waals surface area contributed by atoms with Crippen LogP contribution in [0.4, 0.5) is 22.7 Å². The molecule has 256 valence electrons. The van der Waals surface area contributed by atoms with Crippen molar-refractivity contribution in [3.63, 3.8) is 0 Å². The monoisotopic (exact) mass is 684 g/mol. The maximum atomic E-state index is 14.2. The summed E-state index contributed by atoms with van der Waals surface area (Å²) in [6.45, 7) is 11.8. The molecule has 0 saturated carbocycles. The summed E-state index contributed by atoms with van der Waals surface area (Å²) in [5.41, 5.74) is 4.97. The molecular weight excluding hydrogens is 649 g/mol. The Morgan fingerprint density at radius 2 is 0.635 bits per heavy atom. The van der Waals surface area contributed by atoms with Crippen molar-refractivity contribution >= 4 is 89.5 Å². The van der Waals surface area contributed by atoms with Crippen molar-refractivity contribution in [3.05, 3.63) is 119 Å². The number of hydrogen-bond acceptors (Lipinski definition) is 6. The van der Waals surface area contributed by atoms with E-state index in [0.717, 1.165) is 69.9 Å². The highest BCUT2D eigenvalue weighted by molar-refractivity contribution is 6.45. The van der Waals surface area contributed by atoms with E-state index in [0.29, 0.717) is 44.4 Å². The molecule has 0 spiro atoms. The lowest BCUT2D eigenvalue weighted by molar-refractivity contribution is 0.0877. The third kappa shape index (κ3) is 4.21. The molecule has 8 nitrogen and oxygen atoms in total. The first-order valence-corrected chi connectivity index (χ1v) is 18.0. The highest BCUT2D eigenvalue weighted by Crippen LogP contribution is 2.47.